The maximum Gasteiger partial charge on any atom is 0.314 e. The number of ether oxygens (including phenoxy) is 10. The summed E-state index contributed by atoms with van der Waals surface area (Å²) in [6, 6.07) is 0. The van der Waals surface area contributed by atoms with Crippen molar-refractivity contribution >= 4 is 5.97 Å². The third-order valence-electron chi connectivity index (χ3n) is 19.1. The minimum atomic E-state index is -1.95. The zero-order valence-corrected chi connectivity index (χ0v) is 43.0. The summed E-state index contributed by atoms with van der Waals surface area (Å²) in [5.74, 6) is -0.999. The lowest BCUT2D eigenvalue weighted by Gasteiger charge is -2.64. The molecule has 5 heterocycles. The monoisotopic (exact) mass is 1100 g/mol. The second-order valence-electron chi connectivity index (χ2n) is 23.6. The van der Waals surface area contributed by atoms with E-state index in [2.05, 4.69) is 13.5 Å². The first-order chi connectivity index (χ1) is 35.8. The third-order valence-corrected chi connectivity index (χ3v) is 19.1. The number of esters is 1. The molecule has 4 aliphatic carbocycles. The largest absolute Gasteiger partial charge is 0.432 e. The summed E-state index contributed by atoms with van der Waals surface area (Å²) in [6.45, 7) is 9.00. The van der Waals surface area contributed by atoms with Crippen LogP contribution in [-0.2, 0) is 52.2 Å². The Balaban J connectivity index is 0.965. The van der Waals surface area contributed by atoms with Crippen molar-refractivity contribution in [1.29, 1.82) is 0 Å². The van der Waals surface area contributed by atoms with Gasteiger partial charge in [0.25, 0.3) is 0 Å². The van der Waals surface area contributed by atoms with E-state index in [4.69, 9.17) is 47.4 Å². The van der Waals surface area contributed by atoms with E-state index >= 15 is 0 Å². The molecule has 26 nitrogen and oxygen atoms in total. The van der Waals surface area contributed by atoms with E-state index in [1.165, 1.54) is 13.8 Å². The first kappa shape index (κ1) is 58.9. The number of rotatable bonds is 13. The second kappa shape index (κ2) is 22.2. The van der Waals surface area contributed by atoms with Crippen LogP contribution in [0.5, 0.6) is 0 Å². The molecule has 5 aliphatic heterocycles. The van der Waals surface area contributed by atoms with E-state index in [9.17, 15) is 81.4 Å². The molecule has 0 radical (unpaired) electrons. The molecule has 26 heteroatoms. The normalized spacial score (nSPS) is 55.6. The van der Waals surface area contributed by atoms with Gasteiger partial charge in [-0.3, -0.25) is 4.79 Å². The summed E-state index contributed by atoms with van der Waals surface area (Å²) < 4.78 is 60.8. The fourth-order valence-electron chi connectivity index (χ4n) is 14.8. The summed E-state index contributed by atoms with van der Waals surface area (Å²) in [5.41, 5.74) is -2.57. The van der Waals surface area contributed by atoms with Gasteiger partial charge in [-0.2, -0.15) is 0 Å². The zero-order valence-electron chi connectivity index (χ0n) is 43.0. The summed E-state index contributed by atoms with van der Waals surface area (Å²) in [5, 5.41) is 161. The number of hydrogen-bond acceptors (Lipinski definition) is 26. The lowest BCUT2D eigenvalue weighted by Crippen LogP contribution is -2.67. The highest BCUT2D eigenvalue weighted by atomic mass is 16.8. The van der Waals surface area contributed by atoms with Gasteiger partial charge in [-0.15, -0.1) is 0 Å². The molecule has 31 atom stereocenters. The highest BCUT2D eigenvalue weighted by Gasteiger charge is 2.70. The van der Waals surface area contributed by atoms with Gasteiger partial charge in [-0.25, -0.2) is 0 Å². The molecule has 9 aliphatic rings. The molecule has 436 valence electrons. The Kier molecular flexibility index (Phi) is 17.2. The van der Waals surface area contributed by atoms with Gasteiger partial charge in [0.2, 0.25) is 6.29 Å². The minimum absolute atomic E-state index is 0.0256. The Labute approximate surface area is 438 Å². The van der Waals surface area contributed by atoms with Crippen LogP contribution in [0.1, 0.15) is 85.5 Å². The summed E-state index contributed by atoms with van der Waals surface area (Å²) in [4.78, 5) is 14.9. The SMILES string of the molecule is C=C1C[C@@]23CCC4[C@](C)(C(=O)O[C@@H]5OC(CO)[C@@H](O)[C@H](O)C5O[C@@H]5OC(C)[C@H](O)[C@H](O)C5O)CCC[C@@]4(C)[C@@H]2CCC1(O[C@@H]1OC(CO)[C@@H](O)[C@H](O[C@@H]2OC(CO)[C@@H](O)[C@H](O)C2O)C1O[C@@H]1OC(C)[C@H](O)[C@H](O)C1O)C3. The van der Waals surface area contributed by atoms with Gasteiger partial charge in [0.1, 0.15) is 104 Å². The maximum absolute atomic E-state index is 14.9. The highest BCUT2D eigenvalue weighted by molar-refractivity contribution is 5.77. The quantitative estimate of drug-likeness (QED) is 0.0465. The van der Waals surface area contributed by atoms with Crippen LogP contribution in [0.3, 0.4) is 0 Å². The van der Waals surface area contributed by atoms with Crippen molar-refractivity contribution in [3.05, 3.63) is 12.2 Å². The van der Waals surface area contributed by atoms with Crippen LogP contribution in [0.2, 0.25) is 0 Å². The van der Waals surface area contributed by atoms with Crippen molar-refractivity contribution in [2.24, 2.45) is 28.1 Å². The van der Waals surface area contributed by atoms with Crippen molar-refractivity contribution in [3.63, 3.8) is 0 Å². The van der Waals surface area contributed by atoms with Crippen LogP contribution in [0.4, 0.5) is 0 Å². The second-order valence-corrected chi connectivity index (χ2v) is 23.6. The highest BCUT2D eigenvalue weighted by Crippen LogP contribution is 2.74. The lowest BCUT2D eigenvalue weighted by molar-refractivity contribution is -0.398. The molecular formula is C50H80O26. The van der Waals surface area contributed by atoms with E-state index in [1.807, 2.05) is 6.92 Å². The van der Waals surface area contributed by atoms with Gasteiger partial charge in [0.05, 0.1) is 43.0 Å². The summed E-state index contributed by atoms with van der Waals surface area (Å²) in [7, 11) is 0. The molecule has 2 bridgehead atoms. The molecule has 0 aromatic heterocycles. The van der Waals surface area contributed by atoms with Crippen LogP contribution in [0, 0.1) is 28.1 Å². The minimum Gasteiger partial charge on any atom is -0.432 e. The number of aliphatic hydroxyl groups is 15. The lowest BCUT2D eigenvalue weighted by atomic mass is 9.41. The molecule has 1 spiro atoms. The molecule has 76 heavy (non-hydrogen) atoms. The van der Waals surface area contributed by atoms with Crippen LogP contribution < -0.4 is 0 Å². The van der Waals surface area contributed by atoms with E-state index in [0.717, 1.165) is 6.42 Å². The van der Waals surface area contributed by atoms with Crippen molar-refractivity contribution in [2.45, 2.75) is 245 Å². The third kappa shape index (κ3) is 9.92. The van der Waals surface area contributed by atoms with Crippen LogP contribution in [0.15, 0.2) is 12.2 Å². The molecule has 15 N–H and O–H groups in total. The van der Waals surface area contributed by atoms with Gasteiger partial charge in [0.15, 0.2) is 31.3 Å². The number of carbonyl (C=O) groups excluding carboxylic acids is 1. The fourth-order valence-corrected chi connectivity index (χ4v) is 14.8. The summed E-state index contributed by atoms with van der Waals surface area (Å²) in [6.07, 6.45) is -36.5. The predicted molar refractivity (Wildman–Crippen MR) is 249 cm³/mol. The average molecular weight is 1100 g/mol. The van der Waals surface area contributed by atoms with Crippen LogP contribution in [-0.4, -0.2) is 262 Å². The van der Waals surface area contributed by atoms with Crippen molar-refractivity contribution in [3.8, 4) is 0 Å². The number of fused-ring (bicyclic) bond motifs is 3. The molecule has 9 fully saturated rings. The van der Waals surface area contributed by atoms with E-state index < -0.39 is 201 Å². The average Bonchev–Trinajstić information content (AvgIpc) is 3.60. The van der Waals surface area contributed by atoms with Gasteiger partial charge >= 0.3 is 5.97 Å². The maximum atomic E-state index is 14.9. The number of carbonyl (C=O) groups is 1. The molecule has 0 aromatic carbocycles. The van der Waals surface area contributed by atoms with Gasteiger partial charge in [-0.1, -0.05) is 19.9 Å². The zero-order chi connectivity index (χ0) is 55.3. The molecular weight excluding hydrogens is 1020 g/mol. The summed E-state index contributed by atoms with van der Waals surface area (Å²) >= 11 is 0. The topological polar surface area (TPSA) is 413 Å². The van der Waals surface area contributed by atoms with Crippen LogP contribution >= 0.6 is 0 Å². The van der Waals surface area contributed by atoms with Gasteiger partial charge in [0, 0.05) is 0 Å². The Morgan fingerprint density at radius 3 is 1.58 bits per heavy atom. The van der Waals surface area contributed by atoms with E-state index in [-0.39, 0.29) is 11.8 Å². The fraction of sp³-hybridized carbons (Fsp3) is 0.940. The van der Waals surface area contributed by atoms with E-state index in [1.54, 1.807) is 0 Å². The molecule has 9 rings (SSSR count). The number of aliphatic hydroxyl groups excluding tert-OH is 15. The number of hydrogen-bond donors (Lipinski definition) is 15. The molecule has 0 aromatic rings. The van der Waals surface area contributed by atoms with Gasteiger partial charge in [-0.05, 0) is 100 Å². The predicted octanol–water partition coefficient (Wildman–Crippen LogP) is -5.23. The Bertz CT molecular complexity index is 2040. The molecule has 0 amide bonds. The standard InChI is InChI=1S/C50H80O26/c1-18-13-49-11-7-24-47(4,9-6-10-48(24,5)46(66)75-44-39(34(62)29(57)22(15-52)70-44)73-41-35(63)31(59)26(54)19(2)67-41)25(49)8-12-50(18,17-49)76-45-40(74-42-36(64)32(60)27(55)20(3)68-42)38(30(58)23(16-53)71-45)72-43-37(65)33(61)28(56)21(14-51)69-43/h19-45,51-65H,1,6-17H2,2-5H3/t19?,20?,21?,22?,23?,24?,25-,26-,27-,28+,29+,30+,31-,32-,33-,34-,35?,36?,37?,38-,39?,40?,41-,42-,43-,44-,45-,47+,48+,49+,50?/m0/s1. The van der Waals surface area contributed by atoms with Crippen molar-refractivity contribution < 1.29 is 129 Å². The van der Waals surface area contributed by atoms with Crippen molar-refractivity contribution in [2.75, 3.05) is 19.8 Å². The smallest absolute Gasteiger partial charge is 0.314 e. The van der Waals surface area contributed by atoms with E-state index in [0.29, 0.717) is 56.9 Å². The Morgan fingerprint density at radius 1 is 0.526 bits per heavy atom. The van der Waals surface area contributed by atoms with Crippen molar-refractivity contribution in [1.82, 2.24) is 0 Å². The van der Waals surface area contributed by atoms with Gasteiger partial charge < -0.3 is 124 Å². The first-order valence-corrected chi connectivity index (χ1v) is 26.6. The van der Waals surface area contributed by atoms with Crippen LogP contribution in [0.25, 0.3) is 0 Å². The molecule has 5 saturated heterocycles. The Hall–Kier alpha value is -1.75. The molecule has 12 unspecified atom stereocenters. The Morgan fingerprint density at radius 2 is 1.00 bits per heavy atom. The molecule has 4 saturated carbocycles. The first-order valence-electron chi connectivity index (χ1n) is 26.6.